The lowest BCUT2D eigenvalue weighted by Crippen LogP contribution is -2.32. The molecule has 0 aliphatic heterocycles. The topological polar surface area (TPSA) is 83.6 Å². The fourth-order valence-corrected chi connectivity index (χ4v) is 2.56. The number of nitrogens with zero attached hydrogens (tertiary/aromatic N) is 1. The molecule has 1 aromatic rings. The first-order valence-corrected chi connectivity index (χ1v) is 6.41. The minimum Gasteiger partial charge on any atom is -0.478 e. The minimum absolute atomic E-state index is 0.0623. The SMILES string of the molecule is CN(C(=O)C1CCCC1)c1ccc(C(=O)O)cc1N. The van der Waals surface area contributed by atoms with Crippen LogP contribution in [0.4, 0.5) is 11.4 Å². The van der Waals surface area contributed by atoms with Crippen LogP contribution in [0, 0.1) is 5.92 Å². The van der Waals surface area contributed by atoms with E-state index >= 15 is 0 Å². The van der Waals surface area contributed by atoms with Gasteiger partial charge in [-0.05, 0) is 31.0 Å². The lowest BCUT2D eigenvalue weighted by Gasteiger charge is -2.22. The summed E-state index contributed by atoms with van der Waals surface area (Å²) in [5.74, 6) is -0.890. The van der Waals surface area contributed by atoms with Crippen LogP contribution in [0.2, 0.25) is 0 Å². The van der Waals surface area contributed by atoms with Crippen molar-refractivity contribution in [3.63, 3.8) is 0 Å². The third kappa shape index (κ3) is 2.70. The first-order valence-electron chi connectivity index (χ1n) is 6.41. The number of nitrogens with two attached hydrogens (primary N) is 1. The number of benzene rings is 1. The van der Waals surface area contributed by atoms with Gasteiger partial charge in [-0.3, -0.25) is 4.79 Å². The highest BCUT2D eigenvalue weighted by Gasteiger charge is 2.26. The molecule has 1 saturated carbocycles. The quantitative estimate of drug-likeness (QED) is 0.817. The van der Waals surface area contributed by atoms with Crippen molar-refractivity contribution in [2.75, 3.05) is 17.7 Å². The summed E-state index contributed by atoms with van der Waals surface area (Å²) >= 11 is 0. The molecule has 1 amide bonds. The molecule has 0 atom stereocenters. The zero-order valence-corrected chi connectivity index (χ0v) is 10.9. The molecule has 0 aromatic heterocycles. The Hall–Kier alpha value is -2.04. The Kier molecular flexibility index (Phi) is 3.74. The van der Waals surface area contributed by atoms with E-state index in [1.165, 1.54) is 17.0 Å². The van der Waals surface area contributed by atoms with Crippen LogP contribution in [-0.2, 0) is 4.79 Å². The molecule has 1 aromatic carbocycles. The first kappa shape index (κ1) is 13.4. The highest BCUT2D eigenvalue weighted by Crippen LogP contribution is 2.30. The van der Waals surface area contributed by atoms with Crippen LogP contribution < -0.4 is 10.6 Å². The Balaban J connectivity index is 2.21. The minimum atomic E-state index is -1.02. The van der Waals surface area contributed by atoms with Crippen LogP contribution in [0.3, 0.4) is 0 Å². The van der Waals surface area contributed by atoms with Gasteiger partial charge in [0.25, 0.3) is 0 Å². The van der Waals surface area contributed by atoms with Crippen LogP contribution in [0.15, 0.2) is 18.2 Å². The number of hydrogen-bond acceptors (Lipinski definition) is 3. The number of rotatable bonds is 3. The molecule has 1 fully saturated rings. The molecule has 5 heteroatoms. The largest absolute Gasteiger partial charge is 0.478 e. The van der Waals surface area contributed by atoms with Crippen molar-refractivity contribution in [2.24, 2.45) is 5.92 Å². The molecule has 0 spiro atoms. The van der Waals surface area contributed by atoms with E-state index in [0.717, 1.165) is 25.7 Å². The molecule has 1 aliphatic carbocycles. The number of carbonyl (C=O) groups excluding carboxylic acids is 1. The fourth-order valence-electron chi connectivity index (χ4n) is 2.56. The van der Waals surface area contributed by atoms with Crippen LogP contribution in [0.25, 0.3) is 0 Å². The first-order chi connectivity index (χ1) is 9.00. The zero-order valence-electron chi connectivity index (χ0n) is 10.9. The Morgan fingerprint density at radius 2 is 1.95 bits per heavy atom. The van der Waals surface area contributed by atoms with Gasteiger partial charge in [0.1, 0.15) is 0 Å². The second-order valence-corrected chi connectivity index (χ2v) is 4.96. The Labute approximate surface area is 112 Å². The van der Waals surface area contributed by atoms with Gasteiger partial charge in [-0.2, -0.15) is 0 Å². The summed E-state index contributed by atoms with van der Waals surface area (Å²) in [7, 11) is 1.69. The highest BCUT2D eigenvalue weighted by molar-refractivity contribution is 5.99. The number of aromatic carboxylic acids is 1. The number of carboxylic acids is 1. The molecule has 0 bridgehead atoms. The predicted molar refractivity (Wildman–Crippen MR) is 73.2 cm³/mol. The van der Waals surface area contributed by atoms with E-state index in [1.807, 2.05) is 0 Å². The third-order valence-electron chi connectivity index (χ3n) is 3.67. The van der Waals surface area contributed by atoms with Crippen LogP contribution >= 0.6 is 0 Å². The van der Waals surface area contributed by atoms with Gasteiger partial charge < -0.3 is 15.7 Å². The van der Waals surface area contributed by atoms with Crippen molar-refractivity contribution in [1.82, 2.24) is 0 Å². The molecule has 19 heavy (non-hydrogen) atoms. The summed E-state index contributed by atoms with van der Waals surface area (Å²) < 4.78 is 0. The van der Waals surface area contributed by atoms with Gasteiger partial charge in [-0.1, -0.05) is 12.8 Å². The van der Waals surface area contributed by atoms with Gasteiger partial charge in [0.2, 0.25) is 5.91 Å². The zero-order chi connectivity index (χ0) is 14.0. The van der Waals surface area contributed by atoms with Gasteiger partial charge in [0.05, 0.1) is 16.9 Å². The van der Waals surface area contributed by atoms with E-state index in [1.54, 1.807) is 13.1 Å². The second kappa shape index (κ2) is 5.30. The molecular formula is C14H18N2O3. The van der Waals surface area contributed by atoms with Crippen LogP contribution in [0.5, 0.6) is 0 Å². The van der Waals surface area contributed by atoms with E-state index in [2.05, 4.69) is 0 Å². The Morgan fingerprint density at radius 3 is 2.47 bits per heavy atom. The number of nitrogen functional groups attached to an aromatic ring is 1. The van der Waals surface area contributed by atoms with Gasteiger partial charge in [-0.15, -0.1) is 0 Å². The average molecular weight is 262 g/mol. The number of hydrogen-bond donors (Lipinski definition) is 2. The number of amides is 1. The van der Waals surface area contributed by atoms with Crippen LogP contribution in [-0.4, -0.2) is 24.0 Å². The number of anilines is 2. The lowest BCUT2D eigenvalue weighted by atomic mass is 10.1. The maximum absolute atomic E-state index is 12.3. The van der Waals surface area contributed by atoms with Crippen LogP contribution in [0.1, 0.15) is 36.0 Å². The monoisotopic (exact) mass is 262 g/mol. The molecule has 0 heterocycles. The van der Waals surface area contributed by atoms with Crippen molar-refractivity contribution in [3.8, 4) is 0 Å². The Morgan fingerprint density at radius 1 is 1.32 bits per heavy atom. The maximum Gasteiger partial charge on any atom is 0.335 e. The predicted octanol–water partition coefficient (Wildman–Crippen LogP) is 2.12. The molecule has 0 unspecified atom stereocenters. The summed E-state index contributed by atoms with van der Waals surface area (Å²) in [6.45, 7) is 0. The van der Waals surface area contributed by atoms with Crippen molar-refractivity contribution in [1.29, 1.82) is 0 Å². The molecular weight excluding hydrogens is 244 g/mol. The molecule has 102 valence electrons. The van der Waals surface area contributed by atoms with E-state index in [4.69, 9.17) is 10.8 Å². The van der Waals surface area contributed by atoms with E-state index in [9.17, 15) is 9.59 Å². The smallest absolute Gasteiger partial charge is 0.335 e. The summed E-state index contributed by atoms with van der Waals surface area (Å²) in [6.07, 6.45) is 4.04. The molecule has 3 N–H and O–H groups in total. The highest BCUT2D eigenvalue weighted by atomic mass is 16.4. The normalized spacial score (nSPS) is 15.4. The summed E-state index contributed by atoms with van der Waals surface area (Å²) in [5.41, 5.74) is 6.85. The summed E-state index contributed by atoms with van der Waals surface area (Å²) in [4.78, 5) is 24.7. The van der Waals surface area contributed by atoms with E-state index in [0.29, 0.717) is 11.4 Å². The lowest BCUT2D eigenvalue weighted by molar-refractivity contribution is -0.121. The number of carbonyl (C=O) groups is 2. The fraction of sp³-hybridized carbons (Fsp3) is 0.429. The molecule has 0 radical (unpaired) electrons. The summed E-state index contributed by atoms with van der Waals surface area (Å²) in [6, 6.07) is 4.44. The molecule has 2 rings (SSSR count). The molecule has 0 saturated heterocycles. The van der Waals surface area contributed by atoms with Crippen molar-refractivity contribution in [3.05, 3.63) is 23.8 Å². The van der Waals surface area contributed by atoms with Gasteiger partial charge in [0, 0.05) is 13.0 Å². The molecule has 5 nitrogen and oxygen atoms in total. The Bertz CT molecular complexity index is 507. The molecule has 1 aliphatic rings. The van der Waals surface area contributed by atoms with Gasteiger partial charge in [-0.25, -0.2) is 4.79 Å². The van der Waals surface area contributed by atoms with E-state index < -0.39 is 5.97 Å². The summed E-state index contributed by atoms with van der Waals surface area (Å²) in [5, 5.41) is 8.88. The van der Waals surface area contributed by atoms with Crippen molar-refractivity contribution < 1.29 is 14.7 Å². The maximum atomic E-state index is 12.3. The standard InChI is InChI=1S/C14H18N2O3/c1-16(13(17)9-4-2-3-5-9)12-7-6-10(14(18)19)8-11(12)15/h6-9H,2-5,15H2,1H3,(H,18,19). The number of carboxylic acid groups (broad SMARTS) is 1. The third-order valence-corrected chi connectivity index (χ3v) is 3.67. The van der Waals surface area contributed by atoms with Crippen molar-refractivity contribution in [2.45, 2.75) is 25.7 Å². The average Bonchev–Trinajstić information content (AvgIpc) is 2.90. The van der Waals surface area contributed by atoms with Gasteiger partial charge >= 0.3 is 5.97 Å². The van der Waals surface area contributed by atoms with Gasteiger partial charge in [0.15, 0.2) is 0 Å². The van der Waals surface area contributed by atoms with Crippen molar-refractivity contribution >= 4 is 23.3 Å². The van der Waals surface area contributed by atoms with E-state index in [-0.39, 0.29) is 17.4 Å². The second-order valence-electron chi connectivity index (χ2n) is 4.96.